The van der Waals surface area contributed by atoms with Crippen molar-refractivity contribution in [3.8, 4) is 11.4 Å². The number of aromatic hydroxyl groups is 1. The van der Waals surface area contributed by atoms with Crippen LogP contribution in [0.2, 0.25) is 0 Å². The van der Waals surface area contributed by atoms with Gasteiger partial charge in [-0.2, -0.15) is 0 Å². The predicted molar refractivity (Wildman–Crippen MR) is 131 cm³/mol. The van der Waals surface area contributed by atoms with Crippen LogP contribution >= 0.6 is 12.2 Å². The molecule has 6 heteroatoms. The zero-order valence-corrected chi connectivity index (χ0v) is 18.8. The maximum absolute atomic E-state index is 10.7. The van der Waals surface area contributed by atoms with Gasteiger partial charge >= 0.3 is 0 Å². The number of anilines is 1. The van der Waals surface area contributed by atoms with Crippen molar-refractivity contribution in [3.05, 3.63) is 108 Å². The summed E-state index contributed by atoms with van der Waals surface area (Å²) in [5.74, 6) is 0.188. The molecule has 160 valence electrons. The highest BCUT2D eigenvalue weighted by Crippen LogP contribution is 2.44. The number of aromatic nitrogens is 2. The monoisotopic (exact) mass is 440 g/mol. The maximum atomic E-state index is 10.7. The number of pyridine rings is 1. The van der Waals surface area contributed by atoms with Crippen molar-refractivity contribution >= 4 is 23.0 Å². The lowest BCUT2D eigenvalue weighted by Crippen LogP contribution is -2.30. The predicted octanol–water partition coefficient (Wildman–Crippen LogP) is 5.37. The number of phenols is 1. The van der Waals surface area contributed by atoms with E-state index < -0.39 is 0 Å². The number of para-hydroxylation sites is 2. The molecular weight excluding hydrogens is 416 g/mol. The Kier molecular flexibility index (Phi) is 5.15. The average Bonchev–Trinajstić information content (AvgIpc) is 3.41. The molecule has 2 aromatic heterocycles. The Morgan fingerprint density at radius 3 is 2.50 bits per heavy atom. The summed E-state index contributed by atoms with van der Waals surface area (Å²) in [6.45, 7) is 4.24. The van der Waals surface area contributed by atoms with Crippen molar-refractivity contribution < 1.29 is 5.11 Å². The highest BCUT2D eigenvalue weighted by molar-refractivity contribution is 7.80. The van der Waals surface area contributed by atoms with E-state index >= 15 is 0 Å². The van der Waals surface area contributed by atoms with Crippen molar-refractivity contribution in [2.45, 2.75) is 25.9 Å². The highest BCUT2D eigenvalue weighted by atomic mass is 32.1. The topological polar surface area (TPSA) is 53.3 Å². The molecule has 0 spiro atoms. The van der Waals surface area contributed by atoms with Crippen molar-refractivity contribution in [1.82, 2.24) is 14.9 Å². The van der Waals surface area contributed by atoms with Crippen molar-refractivity contribution in [2.24, 2.45) is 0 Å². The van der Waals surface area contributed by atoms with Gasteiger partial charge in [0.1, 0.15) is 11.8 Å². The first kappa shape index (κ1) is 20.3. The second-order valence-corrected chi connectivity index (χ2v) is 8.44. The third kappa shape index (κ3) is 3.42. The maximum Gasteiger partial charge on any atom is 0.174 e. The molecule has 0 radical (unpaired) electrons. The number of phenolic OH excluding ortho intramolecular Hbond substituents is 1. The molecule has 32 heavy (non-hydrogen) atoms. The smallest absolute Gasteiger partial charge is 0.174 e. The van der Waals surface area contributed by atoms with Crippen LogP contribution in [0, 0.1) is 13.8 Å². The molecule has 3 heterocycles. The number of nitrogens with zero attached hydrogens (tertiary/aromatic N) is 3. The summed E-state index contributed by atoms with van der Waals surface area (Å²) in [5, 5.41) is 14.7. The van der Waals surface area contributed by atoms with Gasteiger partial charge in [-0.05, 0) is 85.7 Å². The normalized spacial score (nSPS) is 18.1. The molecule has 2 N–H and O–H groups in total. The molecule has 1 fully saturated rings. The van der Waals surface area contributed by atoms with Gasteiger partial charge in [-0.3, -0.25) is 4.98 Å². The van der Waals surface area contributed by atoms with Crippen LogP contribution in [0.5, 0.6) is 5.75 Å². The highest BCUT2D eigenvalue weighted by Gasteiger charge is 2.42. The van der Waals surface area contributed by atoms with Crippen LogP contribution in [0.25, 0.3) is 5.69 Å². The van der Waals surface area contributed by atoms with Gasteiger partial charge in [-0.25, -0.2) is 0 Å². The number of rotatable bonds is 4. The summed E-state index contributed by atoms with van der Waals surface area (Å²) in [4.78, 5) is 6.61. The quantitative estimate of drug-likeness (QED) is 0.418. The van der Waals surface area contributed by atoms with Crippen molar-refractivity contribution in [2.75, 3.05) is 4.90 Å². The SMILES string of the molecule is Cc1ccc(-n2cccc2[C@H]2[C@@H](c3ccccn3)NC(=S)N2c2ccccc2O)cc1C. The van der Waals surface area contributed by atoms with Gasteiger partial charge < -0.3 is 19.9 Å². The Morgan fingerprint density at radius 2 is 1.75 bits per heavy atom. The Hall–Kier alpha value is -3.64. The molecule has 2 atom stereocenters. The molecule has 5 rings (SSSR count). The summed E-state index contributed by atoms with van der Waals surface area (Å²) in [7, 11) is 0. The Labute approximate surface area is 193 Å². The fraction of sp³-hybridized carbons (Fsp3) is 0.154. The van der Waals surface area contributed by atoms with Crippen molar-refractivity contribution in [3.63, 3.8) is 0 Å². The summed E-state index contributed by atoms with van der Waals surface area (Å²) >= 11 is 5.77. The minimum atomic E-state index is -0.206. The second-order valence-electron chi connectivity index (χ2n) is 8.06. The zero-order valence-electron chi connectivity index (χ0n) is 17.9. The lowest BCUT2D eigenvalue weighted by molar-refractivity contribution is 0.472. The molecule has 2 aromatic carbocycles. The Balaban J connectivity index is 1.69. The summed E-state index contributed by atoms with van der Waals surface area (Å²) in [6.07, 6.45) is 3.86. The van der Waals surface area contributed by atoms with E-state index in [1.807, 2.05) is 47.4 Å². The largest absolute Gasteiger partial charge is 0.506 e. The minimum absolute atomic E-state index is 0.177. The number of thiocarbonyl (C=S) groups is 1. The van der Waals surface area contributed by atoms with Crippen LogP contribution in [0.4, 0.5) is 5.69 Å². The van der Waals surface area contributed by atoms with Gasteiger partial charge in [-0.1, -0.05) is 24.3 Å². The van der Waals surface area contributed by atoms with Crippen LogP contribution < -0.4 is 10.2 Å². The van der Waals surface area contributed by atoms with Gasteiger partial charge in [0.15, 0.2) is 5.11 Å². The Morgan fingerprint density at radius 1 is 0.938 bits per heavy atom. The van der Waals surface area contributed by atoms with E-state index in [9.17, 15) is 5.11 Å². The number of hydrogen-bond donors (Lipinski definition) is 2. The summed E-state index contributed by atoms with van der Waals surface area (Å²) in [6, 6.07) is 23.4. The van der Waals surface area contributed by atoms with E-state index in [1.165, 1.54) is 11.1 Å². The van der Waals surface area contributed by atoms with Gasteiger partial charge in [-0.15, -0.1) is 0 Å². The molecule has 0 amide bonds. The molecule has 1 aliphatic heterocycles. The molecule has 0 saturated carbocycles. The first-order chi connectivity index (χ1) is 15.5. The van der Waals surface area contributed by atoms with Gasteiger partial charge in [0, 0.05) is 23.8 Å². The second kappa shape index (κ2) is 8.13. The third-order valence-corrected chi connectivity index (χ3v) is 6.41. The van der Waals surface area contributed by atoms with E-state index in [4.69, 9.17) is 12.2 Å². The number of benzene rings is 2. The first-order valence-electron chi connectivity index (χ1n) is 10.6. The summed E-state index contributed by atoms with van der Waals surface area (Å²) < 4.78 is 2.19. The van der Waals surface area contributed by atoms with Crippen LogP contribution in [0.3, 0.4) is 0 Å². The van der Waals surface area contributed by atoms with Gasteiger partial charge in [0.05, 0.1) is 17.4 Å². The molecule has 5 nitrogen and oxygen atoms in total. The van der Waals surface area contributed by atoms with Gasteiger partial charge in [0.2, 0.25) is 0 Å². The number of hydrogen-bond acceptors (Lipinski definition) is 3. The summed E-state index contributed by atoms with van der Waals surface area (Å²) in [5.41, 5.74) is 6.20. The molecule has 0 aliphatic carbocycles. The lowest BCUT2D eigenvalue weighted by atomic mass is 10.0. The number of aryl methyl sites for hydroxylation is 2. The fourth-order valence-corrected chi connectivity index (χ4v) is 4.67. The molecule has 1 saturated heterocycles. The van der Waals surface area contributed by atoms with E-state index in [1.54, 1.807) is 12.3 Å². The van der Waals surface area contributed by atoms with E-state index in [2.05, 4.69) is 59.2 Å². The molecule has 0 unspecified atom stereocenters. The molecular formula is C26H24N4OS. The number of nitrogens with one attached hydrogen (secondary N) is 1. The van der Waals surface area contributed by atoms with E-state index in [0.717, 1.165) is 17.1 Å². The van der Waals surface area contributed by atoms with Crippen molar-refractivity contribution in [1.29, 1.82) is 0 Å². The van der Waals surface area contributed by atoms with Crippen LogP contribution in [-0.4, -0.2) is 19.8 Å². The van der Waals surface area contributed by atoms with Crippen LogP contribution in [0.15, 0.2) is 85.2 Å². The first-order valence-corrected chi connectivity index (χ1v) is 11.0. The van der Waals surface area contributed by atoms with Crippen LogP contribution in [0.1, 0.15) is 34.6 Å². The Bertz CT molecular complexity index is 1280. The molecule has 0 bridgehead atoms. The minimum Gasteiger partial charge on any atom is -0.506 e. The average molecular weight is 441 g/mol. The molecule has 1 aliphatic rings. The molecule has 4 aromatic rings. The third-order valence-electron chi connectivity index (χ3n) is 6.09. The van der Waals surface area contributed by atoms with E-state index in [0.29, 0.717) is 10.8 Å². The van der Waals surface area contributed by atoms with Gasteiger partial charge in [0.25, 0.3) is 0 Å². The zero-order chi connectivity index (χ0) is 22.2. The van der Waals surface area contributed by atoms with Crippen LogP contribution in [-0.2, 0) is 0 Å². The fourth-order valence-electron chi connectivity index (χ4n) is 4.33. The lowest BCUT2D eigenvalue weighted by Gasteiger charge is -2.29. The van der Waals surface area contributed by atoms with E-state index in [-0.39, 0.29) is 17.8 Å². The standard InChI is InChI=1S/C26H24N4OS/c1-17-12-13-19(16-18(17)2)29-15-7-10-22(29)25-24(20-8-5-6-14-27-20)28-26(32)30(25)21-9-3-4-11-23(21)31/h3-16,24-25,31H,1-2H3,(H,28,32)/t24-,25+/m1/s1.